The first kappa shape index (κ1) is 14.8. The maximum absolute atomic E-state index is 12.4. The highest BCUT2D eigenvalue weighted by molar-refractivity contribution is 6.23. The summed E-state index contributed by atoms with van der Waals surface area (Å²) in [6.07, 6.45) is 4.20. The van der Waals surface area contributed by atoms with Gasteiger partial charge in [-0.1, -0.05) is 12.1 Å². The Balaban J connectivity index is 1.85. The number of benzene rings is 1. The van der Waals surface area contributed by atoms with E-state index >= 15 is 0 Å². The van der Waals surface area contributed by atoms with E-state index in [4.69, 9.17) is 0 Å². The van der Waals surface area contributed by atoms with Crippen LogP contribution in [0.25, 0.3) is 0 Å². The number of nitrogens with zero attached hydrogens (tertiary/aromatic N) is 2. The van der Waals surface area contributed by atoms with Crippen LogP contribution in [0.4, 0.5) is 0 Å². The van der Waals surface area contributed by atoms with Gasteiger partial charge < -0.3 is 4.74 Å². The van der Waals surface area contributed by atoms with Crippen molar-refractivity contribution >= 4 is 17.5 Å². The molecule has 0 unspecified atom stereocenters. The number of ketones is 2. The number of hydrogen-bond donors (Lipinski definition) is 0. The maximum Gasteiger partial charge on any atom is 0.337 e. The number of hydrogen-bond acceptors (Lipinski definition) is 6. The van der Waals surface area contributed by atoms with E-state index in [9.17, 15) is 14.4 Å². The Morgan fingerprint density at radius 2 is 1.91 bits per heavy atom. The number of aromatic nitrogens is 2. The van der Waals surface area contributed by atoms with Crippen LogP contribution in [0.5, 0.6) is 0 Å². The molecule has 3 rings (SSSR count). The molecule has 0 amide bonds. The van der Waals surface area contributed by atoms with Crippen LogP contribution in [0.15, 0.2) is 48.4 Å². The van der Waals surface area contributed by atoms with Gasteiger partial charge in [-0.05, 0) is 23.8 Å². The van der Waals surface area contributed by atoms with Crippen molar-refractivity contribution in [2.45, 2.75) is 6.42 Å². The number of methoxy groups -OCH3 is 1. The van der Waals surface area contributed by atoms with Crippen molar-refractivity contribution < 1.29 is 19.1 Å². The van der Waals surface area contributed by atoms with E-state index in [1.165, 1.54) is 25.7 Å². The smallest absolute Gasteiger partial charge is 0.337 e. The minimum absolute atomic E-state index is 0.134. The predicted octanol–water partition coefficient (Wildman–Crippen LogP) is 1.81. The van der Waals surface area contributed by atoms with Crippen molar-refractivity contribution in [3.8, 4) is 0 Å². The monoisotopic (exact) mass is 308 g/mol. The van der Waals surface area contributed by atoms with Gasteiger partial charge in [0.25, 0.3) is 0 Å². The fraction of sp³-hybridized carbons (Fsp3) is 0.118. The fourth-order valence-corrected chi connectivity index (χ4v) is 2.39. The van der Waals surface area contributed by atoms with Crippen molar-refractivity contribution in [3.05, 3.63) is 70.8 Å². The quantitative estimate of drug-likeness (QED) is 0.804. The third-order valence-electron chi connectivity index (χ3n) is 3.56. The second kappa shape index (κ2) is 5.92. The van der Waals surface area contributed by atoms with Crippen molar-refractivity contribution in [2.75, 3.05) is 7.11 Å². The Hall–Kier alpha value is -3.15. The zero-order valence-electron chi connectivity index (χ0n) is 12.3. The SMILES string of the molecule is COC(=O)c1ccc(CC2=CC(=O)c3ncncc3C2=O)cc1. The zero-order valence-corrected chi connectivity index (χ0v) is 12.3. The van der Waals surface area contributed by atoms with Crippen LogP contribution in [-0.2, 0) is 11.2 Å². The second-order valence-electron chi connectivity index (χ2n) is 5.01. The lowest BCUT2D eigenvalue weighted by atomic mass is 9.90. The normalized spacial score (nSPS) is 13.3. The summed E-state index contributed by atoms with van der Waals surface area (Å²) >= 11 is 0. The Bertz CT molecular complexity index is 838. The fourth-order valence-electron chi connectivity index (χ4n) is 2.39. The molecular formula is C17H12N2O4. The molecule has 1 heterocycles. The number of carbonyl (C=O) groups is 3. The van der Waals surface area contributed by atoms with Crippen LogP contribution in [0.2, 0.25) is 0 Å². The molecule has 0 radical (unpaired) electrons. The Morgan fingerprint density at radius 3 is 2.61 bits per heavy atom. The molecule has 0 spiro atoms. The first-order valence-corrected chi connectivity index (χ1v) is 6.87. The third-order valence-corrected chi connectivity index (χ3v) is 3.56. The average molecular weight is 308 g/mol. The van der Waals surface area contributed by atoms with Gasteiger partial charge in [0.05, 0.1) is 18.2 Å². The number of ether oxygens (including phenoxy) is 1. The highest BCUT2D eigenvalue weighted by Crippen LogP contribution is 2.21. The molecule has 1 aromatic carbocycles. The maximum atomic E-state index is 12.4. The summed E-state index contributed by atoms with van der Waals surface area (Å²) in [6.45, 7) is 0. The summed E-state index contributed by atoms with van der Waals surface area (Å²) in [6, 6.07) is 6.69. The summed E-state index contributed by atoms with van der Waals surface area (Å²) in [5, 5.41) is 0. The van der Waals surface area contributed by atoms with E-state index in [1.54, 1.807) is 24.3 Å². The van der Waals surface area contributed by atoms with Crippen molar-refractivity contribution in [2.24, 2.45) is 0 Å². The zero-order chi connectivity index (χ0) is 16.4. The largest absolute Gasteiger partial charge is 0.465 e. The van der Waals surface area contributed by atoms with E-state index in [1.807, 2.05) is 0 Å². The van der Waals surface area contributed by atoms with E-state index in [-0.39, 0.29) is 22.8 Å². The molecule has 1 aliphatic carbocycles. The first-order chi connectivity index (χ1) is 11.1. The van der Waals surface area contributed by atoms with Crippen LogP contribution >= 0.6 is 0 Å². The summed E-state index contributed by atoms with van der Waals surface area (Å²) < 4.78 is 4.63. The molecule has 0 fully saturated rings. The molecule has 6 nitrogen and oxygen atoms in total. The van der Waals surface area contributed by atoms with Crippen molar-refractivity contribution in [1.82, 2.24) is 9.97 Å². The van der Waals surface area contributed by atoms with Crippen molar-refractivity contribution in [3.63, 3.8) is 0 Å². The highest BCUT2D eigenvalue weighted by Gasteiger charge is 2.26. The van der Waals surface area contributed by atoms with Gasteiger partial charge in [-0.25, -0.2) is 14.8 Å². The van der Waals surface area contributed by atoms with Crippen LogP contribution in [-0.4, -0.2) is 34.6 Å². The molecule has 0 saturated carbocycles. The van der Waals surface area contributed by atoms with E-state index in [0.29, 0.717) is 17.6 Å². The molecule has 1 aliphatic rings. The lowest BCUT2D eigenvalue weighted by Gasteiger charge is -2.13. The minimum atomic E-state index is -0.425. The van der Waals surface area contributed by atoms with E-state index in [0.717, 1.165) is 5.56 Å². The van der Waals surface area contributed by atoms with Gasteiger partial charge in [0, 0.05) is 18.2 Å². The molecule has 114 valence electrons. The van der Waals surface area contributed by atoms with Gasteiger partial charge in [-0.3, -0.25) is 9.59 Å². The second-order valence-corrected chi connectivity index (χ2v) is 5.01. The molecule has 0 bridgehead atoms. The molecule has 0 N–H and O–H groups in total. The first-order valence-electron chi connectivity index (χ1n) is 6.87. The molecule has 23 heavy (non-hydrogen) atoms. The Kier molecular flexibility index (Phi) is 3.80. The van der Waals surface area contributed by atoms with E-state index < -0.39 is 5.97 Å². The van der Waals surface area contributed by atoms with Gasteiger partial charge in [0.2, 0.25) is 5.78 Å². The average Bonchev–Trinajstić information content (AvgIpc) is 2.59. The summed E-state index contributed by atoms with van der Waals surface area (Å²) in [7, 11) is 1.31. The molecule has 0 aliphatic heterocycles. The van der Waals surface area contributed by atoms with Crippen LogP contribution in [0, 0.1) is 0 Å². The van der Waals surface area contributed by atoms with E-state index in [2.05, 4.69) is 14.7 Å². The van der Waals surface area contributed by atoms with Gasteiger partial charge in [0.1, 0.15) is 12.0 Å². The molecular weight excluding hydrogens is 296 g/mol. The van der Waals surface area contributed by atoms with Crippen LogP contribution < -0.4 is 0 Å². The lowest BCUT2D eigenvalue weighted by molar-refractivity contribution is 0.0600. The highest BCUT2D eigenvalue weighted by atomic mass is 16.5. The number of fused-ring (bicyclic) bond motifs is 1. The third kappa shape index (κ3) is 2.78. The van der Waals surface area contributed by atoms with Crippen molar-refractivity contribution in [1.29, 1.82) is 0 Å². The number of allylic oxidation sites excluding steroid dienone is 2. The van der Waals surface area contributed by atoms with Gasteiger partial charge >= 0.3 is 5.97 Å². The molecule has 6 heteroatoms. The number of rotatable bonds is 3. The number of carbonyl (C=O) groups excluding carboxylic acids is 3. The number of esters is 1. The summed E-state index contributed by atoms with van der Waals surface area (Å²) in [5.41, 5.74) is 1.97. The summed E-state index contributed by atoms with van der Waals surface area (Å²) in [5.74, 6) is -0.980. The van der Waals surface area contributed by atoms with Crippen LogP contribution in [0.1, 0.15) is 36.8 Å². The Morgan fingerprint density at radius 1 is 1.17 bits per heavy atom. The molecule has 1 aromatic heterocycles. The minimum Gasteiger partial charge on any atom is -0.465 e. The summed E-state index contributed by atoms with van der Waals surface area (Å²) in [4.78, 5) is 43.5. The molecule has 0 atom stereocenters. The Labute approximate surface area is 131 Å². The van der Waals surface area contributed by atoms with Gasteiger partial charge in [0.15, 0.2) is 5.78 Å². The van der Waals surface area contributed by atoms with Gasteiger partial charge in [-0.15, -0.1) is 0 Å². The lowest BCUT2D eigenvalue weighted by Crippen LogP contribution is -2.20. The topological polar surface area (TPSA) is 86.2 Å². The standard InChI is InChI=1S/C17H12N2O4/c1-23-17(22)11-4-2-10(3-5-11)6-12-7-14(20)15-13(16(12)21)8-18-9-19-15/h2-5,7-9H,6H2,1H3. The molecule has 0 saturated heterocycles. The predicted molar refractivity (Wildman–Crippen MR) is 80.3 cm³/mol. The van der Waals surface area contributed by atoms with Gasteiger partial charge in [-0.2, -0.15) is 0 Å². The van der Waals surface area contributed by atoms with Crippen LogP contribution in [0.3, 0.4) is 0 Å². The number of Topliss-reactive ketones (excluding diaryl/α,β-unsaturated/α-hetero) is 1. The molecule has 2 aromatic rings.